The Bertz CT molecular complexity index is 517. The normalized spacial score (nSPS) is 10.8. The topological polar surface area (TPSA) is 43.8 Å². The fraction of sp³-hybridized carbons (Fsp3) is 0.250. The van der Waals surface area contributed by atoms with E-state index in [9.17, 15) is 0 Å². The molecule has 0 atom stereocenters. The zero-order valence-corrected chi connectivity index (χ0v) is 10.1. The summed E-state index contributed by atoms with van der Waals surface area (Å²) in [6.45, 7) is 4.39. The van der Waals surface area contributed by atoms with Crippen LogP contribution in [0.3, 0.4) is 0 Å². The number of halogens is 1. The number of nitrogens with two attached hydrogens (primary N) is 1. The van der Waals surface area contributed by atoms with Crippen molar-refractivity contribution in [2.24, 2.45) is 5.73 Å². The minimum atomic E-state index is 0.452. The fourth-order valence-corrected chi connectivity index (χ4v) is 1.80. The highest BCUT2D eigenvalue weighted by Gasteiger charge is 2.06. The maximum absolute atomic E-state index is 6.10. The molecule has 0 aliphatic heterocycles. The first kappa shape index (κ1) is 11.2. The molecule has 0 amide bonds. The molecule has 2 rings (SSSR count). The lowest BCUT2D eigenvalue weighted by molar-refractivity contribution is 0.968. The molecule has 84 valence electrons. The molecule has 16 heavy (non-hydrogen) atoms. The van der Waals surface area contributed by atoms with Gasteiger partial charge in [0.05, 0.1) is 5.69 Å². The predicted molar refractivity (Wildman–Crippen MR) is 65.9 cm³/mol. The summed E-state index contributed by atoms with van der Waals surface area (Å²) in [6, 6.07) is 5.96. The number of hydrogen-bond donors (Lipinski definition) is 1. The molecule has 1 aromatic carbocycles. The molecule has 0 aliphatic carbocycles. The van der Waals surface area contributed by atoms with E-state index in [1.807, 2.05) is 42.8 Å². The molecule has 2 N–H and O–H groups in total. The average Bonchev–Trinajstić information content (AvgIpc) is 2.64. The van der Waals surface area contributed by atoms with E-state index >= 15 is 0 Å². The predicted octanol–water partition coefficient (Wildman–Crippen LogP) is 2.60. The second-order valence-corrected chi connectivity index (χ2v) is 4.19. The van der Waals surface area contributed by atoms with Crippen molar-refractivity contribution in [2.45, 2.75) is 20.4 Å². The third kappa shape index (κ3) is 1.96. The zero-order chi connectivity index (χ0) is 11.7. The Morgan fingerprint density at radius 3 is 2.69 bits per heavy atom. The van der Waals surface area contributed by atoms with Gasteiger partial charge in [-0.25, -0.2) is 4.98 Å². The summed E-state index contributed by atoms with van der Waals surface area (Å²) in [5.41, 5.74) is 8.53. The smallest absolute Gasteiger partial charge is 0.110 e. The molecule has 1 aromatic heterocycles. The molecule has 4 heteroatoms. The molecule has 0 saturated carbocycles. The van der Waals surface area contributed by atoms with E-state index in [2.05, 4.69) is 4.98 Å². The zero-order valence-electron chi connectivity index (χ0n) is 9.37. The highest BCUT2D eigenvalue weighted by atomic mass is 35.5. The molecule has 0 saturated heterocycles. The summed E-state index contributed by atoms with van der Waals surface area (Å²) in [6.07, 6.45) is 1.94. The lowest BCUT2D eigenvalue weighted by atomic mass is 10.2. The van der Waals surface area contributed by atoms with Crippen LogP contribution in [-0.4, -0.2) is 9.55 Å². The van der Waals surface area contributed by atoms with Crippen molar-refractivity contribution in [1.82, 2.24) is 9.55 Å². The van der Waals surface area contributed by atoms with Gasteiger partial charge in [-0.05, 0) is 31.5 Å². The van der Waals surface area contributed by atoms with E-state index in [0.717, 1.165) is 27.8 Å². The second kappa shape index (κ2) is 4.28. The number of nitrogens with zero attached hydrogens (tertiary/aromatic N) is 2. The summed E-state index contributed by atoms with van der Waals surface area (Å²) in [4.78, 5) is 4.35. The summed E-state index contributed by atoms with van der Waals surface area (Å²) in [5, 5.41) is 0.764. The Kier molecular flexibility index (Phi) is 2.99. The van der Waals surface area contributed by atoms with Crippen molar-refractivity contribution in [2.75, 3.05) is 0 Å². The number of aryl methyl sites for hydroxylation is 2. The highest BCUT2D eigenvalue weighted by Crippen LogP contribution is 2.20. The molecule has 3 nitrogen and oxygen atoms in total. The molecule has 0 fully saturated rings. The largest absolute Gasteiger partial charge is 0.325 e. The molecular formula is C12H14ClN3. The Morgan fingerprint density at radius 1 is 1.38 bits per heavy atom. The first-order valence-corrected chi connectivity index (χ1v) is 5.51. The molecular weight excluding hydrogens is 222 g/mol. The van der Waals surface area contributed by atoms with Crippen LogP contribution in [0.4, 0.5) is 0 Å². The summed E-state index contributed by atoms with van der Waals surface area (Å²) >= 11 is 6.10. The van der Waals surface area contributed by atoms with Crippen LogP contribution in [0.5, 0.6) is 0 Å². The quantitative estimate of drug-likeness (QED) is 0.870. The third-order valence-electron chi connectivity index (χ3n) is 2.57. The summed E-state index contributed by atoms with van der Waals surface area (Å²) in [5.74, 6) is 0.917. The molecule has 0 spiro atoms. The Balaban J connectivity index is 2.49. The summed E-state index contributed by atoms with van der Waals surface area (Å²) < 4.78 is 1.99. The van der Waals surface area contributed by atoms with Gasteiger partial charge in [0.25, 0.3) is 0 Å². The van der Waals surface area contributed by atoms with E-state index in [1.54, 1.807) is 0 Å². The second-order valence-electron chi connectivity index (χ2n) is 3.79. The molecule has 1 heterocycles. The number of hydrogen-bond acceptors (Lipinski definition) is 2. The van der Waals surface area contributed by atoms with Gasteiger partial charge in [-0.2, -0.15) is 0 Å². The van der Waals surface area contributed by atoms with Crippen LogP contribution < -0.4 is 5.73 Å². The molecule has 2 aromatic rings. The van der Waals surface area contributed by atoms with Gasteiger partial charge in [0.2, 0.25) is 0 Å². The van der Waals surface area contributed by atoms with Gasteiger partial charge in [-0.3, -0.25) is 0 Å². The van der Waals surface area contributed by atoms with Gasteiger partial charge in [0.15, 0.2) is 0 Å². The van der Waals surface area contributed by atoms with Crippen LogP contribution in [0, 0.1) is 13.8 Å². The van der Waals surface area contributed by atoms with Gasteiger partial charge in [0, 0.05) is 23.5 Å². The minimum absolute atomic E-state index is 0.452. The van der Waals surface area contributed by atoms with Crippen molar-refractivity contribution < 1.29 is 0 Å². The van der Waals surface area contributed by atoms with Crippen LogP contribution in [0.1, 0.15) is 17.1 Å². The fourth-order valence-electron chi connectivity index (χ4n) is 1.62. The van der Waals surface area contributed by atoms with Crippen molar-refractivity contribution >= 4 is 11.6 Å². The first-order valence-electron chi connectivity index (χ1n) is 5.13. The average molecular weight is 236 g/mol. The third-order valence-corrected chi connectivity index (χ3v) is 2.98. The van der Waals surface area contributed by atoms with Gasteiger partial charge in [0.1, 0.15) is 5.82 Å². The van der Waals surface area contributed by atoms with E-state index in [4.69, 9.17) is 17.3 Å². The number of imidazole rings is 1. The van der Waals surface area contributed by atoms with Crippen molar-refractivity contribution in [3.05, 3.63) is 46.5 Å². The molecule has 0 bridgehead atoms. The Hall–Kier alpha value is -1.32. The maximum Gasteiger partial charge on any atom is 0.110 e. The van der Waals surface area contributed by atoms with Crippen LogP contribution in [0.15, 0.2) is 24.4 Å². The lowest BCUT2D eigenvalue weighted by Crippen LogP contribution is -1.96. The number of benzene rings is 1. The van der Waals surface area contributed by atoms with E-state index < -0.39 is 0 Å². The van der Waals surface area contributed by atoms with Crippen LogP contribution >= 0.6 is 11.6 Å². The van der Waals surface area contributed by atoms with E-state index in [1.165, 1.54) is 0 Å². The SMILES string of the molecule is Cc1ccc(-n2cc(CN)nc2C)cc1Cl. The lowest BCUT2D eigenvalue weighted by Gasteiger charge is -2.06. The van der Waals surface area contributed by atoms with Crippen LogP contribution in [-0.2, 0) is 6.54 Å². The van der Waals surface area contributed by atoms with Crippen molar-refractivity contribution in [3.63, 3.8) is 0 Å². The van der Waals surface area contributed by atoms with Crippen LogP contribution in [0.2, 0.25) is 5.02 Å². The number of rotatable bonds is 2. The Labute approximate surface area is 99.9 Å². The Morgan fingerprint density at radius 2 is 2.12 bits per heavy atom. The van der Waals surface area contributed by atoms with Crippen molar-refractivity contribution in [1.29, 1.82) is 0 Å². The van der Waals surface area contributed by atoms with Crippen LogP contribution in [0.25, 0.3) is 5.69 Å². The van der Waals surface area contributed by atoms with Gasteiger partial charge >= 0.3 is 0 Å². The minimum Gasteiger partial charge on any atom is -0.325 e. The number of aromatic nitrogens is 2. The first-order chi connectivity index (χ1) is 7.61. The molecule has 0 radical (unpaired) electrons. The monoisotopic (exact) mass is 235 g/mol. The van der Waals surface area contributed by atoms with Gasteiger partial charge < -0.3 is 10.3 Å². The van der Waals surface area contributed by atoms with E-state index in [-0.39, 0.29) is 0 Å². The molecule has 0 aliphatic rings. The summed E-state index contributed by atoms with van der Waals surface area (Å²) in [7, 11) is 0. The standard InChI is InChI=1S/C12H14ClN3/c1-8-3-4-11(5-12(8)13)16-7-10(6-14)15-9(16)2/h3-5,7H,6,14H2,1-2H3. The highest BCUT2D eigenvalue weighted by molar-refractivity contribution is 6.31. The van der Waals surface area contributed by atoms with Gasteiger partial charge in [-0.15, -0.1) is 0 Å². The molecule has 0 unspecified atom stereocenters. The maximum atomic E-state index is 6.10. The van der Waals surface area contributed by atoms with Crippen molar-refractivity contribution in [3.8, 4) is 5.69 Å². The van der Waals surface area contributed by atoms with Gasteiger partial charge in [-0.1, -0.05) is 17.7 Å². The van der Waals surface area contributed by atoms with E-state index in [0.29, 0.717) is 6.54 Å².